The minimum atomic E-state index is -0.0932. The van der Waals surface area contributed by atoms with Crippen molar-refractivity contribution in [3.8, 4) is 0 Å². The highest BCUT2D eigenvalue weighted by Crippen LogP contribution is 2.24. The van der Waals surface area contributed by atoms with Gasteiger partial charge in [0.15, 0.2) is 12.2 Å². The van der Waals surface area contributed by atoms with Crippen molar-refractivity contribution in [2.75, 3.05) is 18.1 Å². The summed E-state index contributed by atoms with van der Waals surface area (Å²) in [7, 11) is 4.18. The molecule has 2 aromatic rings. The molecule has 0 aliphatic heterocycles. The van der Waals surface area contributed by atoms with Crippen molar-refractivity contribution in [1.82, 2.24) is 9.97 Å². The predicted molar refractivity (Wildman–Crippen MR) is 151 cm³/mol. The number of nitrogens with zero attached hydrogens (tertiary/aromatic N) is 2. The van der Waals surface area contributed by atoms with Crippen LogP contribution in [0.1, 0.15) is 100 Å². The second kappa shape index (κ2) is 22.6. The molecule has 0 bridgehead atoms. The van der Waals surface area contributed by atoms with Gasteiger partial charge in [-0.15, -0.1) is 0 Å². The van der Waals surface area contributed by atoms with E-state index < -0.39 is 0 Å². The van der Waals surface area contributed by atoms with Crippen molar-refractivity contribution in [2.24, 2.45) is 0 Å². The van der Waals surface area contributed by atoms with Gasteiger partial charge in [-0.3, -0.25) is 4.79 Å². The lowest BCUT2D eigenvalue weighted by atomic mass is 10.2. The van der Waals surface area contributed by atoms with Gasteiger partial charge in [-0.05, 0) is 19.8 Å². The topological polar surface area (TPSA) is 69.9 Å². The number of H-pyrrole nitrogens is 1. The number of thiazole rings is 1. The van der Waals surface area contributed by atoms with E-state index in [2.05, 4.69) is 45.4 Å². The SMILES string of the molecule is CCCCCCCSSCCCCCCC.Cc1ncc(C[n+]2csc(CCO)c2C)c(=O)[nH]1.[Cl-]. The lowest BCUT2D eigenvalue weighted by Gasteiger charge is -2.01. The number of aryl methyl sites for hydroxylation is 1. The first-order valence-corrected chi connectivity index (χ1v) is 16.3. The molecule has 9 heteroatoms. The Kier molecular flexibility index (Phi) is 22.3. The maximum absolute atomic E-state index is 11.7. The Labute approximate surface area is 231 Å². The van der Waals surface area contributed by atoms with E-state index in [1.807, 2.05) is 17.0 Å². The number of aromatic amines is 1. The molecule has 2 rings (SSSR count). The van der Waals surface area contributed by atoms with Gasteiger partial charge in [-0.2, -0.15) is 4.57 Å². The fourth-order valence-electron chi connectivity index (χ4n) is 3.40. The van der Waals surface area contributed by atoms with Gasteiger partial charge >= 0.3 is 0 Å². The van der Waals surface area contributed by atoms with Crippen LogP contribution in [0.25, 0.3) is 0 Å². The van der Waals surface area contributed by atoms with Gasteiger partial charge in [0.1, 0.15) is 11.4 Å². The average Bonchev–Trinajstić information content (AvgIpc) is 3.16. The van der Waals surface area contributed by atoms with Gasteiger partial charge in [0.25, 0.3) is 5.56 Å². The lowest BCUT2D eigenvalue weighted by Crippen LogP contribution is -3.00. The number of nitrogens with one attached hydrogen (secondary N) is 1. The molecule has 2 aromatic heterocycles. The van der Waals surface area contributed by atoms with Crippen molar-refractivity contribution < 1.29 is 22.1 Å². The van der Waals surface area contributed by atoms with E-state index in [1.54, 1.807) is 24.5 Å². The molecule has 5 nitrogen and oxygen atoms in total. The van der Waals surface area contributed by atoms with Crippen LogP contribution in [0.3, 0.4) is 0 Å². The van der Waals surface area contributed by atoms with E-state index in [4.69, 9.17) is 5.11 Å². The molecule has 2 heterocycles. The number of aliphatic hydroxyl groups is 1. The van der Waals surface area contributed by atoms with E-state index in [9.17, 15) is 4.79 Å². The Morgan fingerprint density at radius 3 is 2.06 bits per heavy atom. The first-order valence-electron chi connectivity index (χ1n) is 12.9. The quantitative estimate of drug-likeness (QED) is 0.175. The van der Waals surface area contributed by atoms with Gasteiger partial charge in [0.05, 0.1) is 4.88 Å². The molecule has 202 valence electrons. The highest BCUT2D eigenvalue weighted by Gasteiger charge is 2.16. The predicted octanol–water partition coefficient (Wildman–Crippen LogP) is 3.63. The summed E-state index contributed by atoms with van der Waals surface area (Å²) in [6.07, 6.45) is 16.5. The first-order chi connectivity index (χ1) is 16.5. The maximum atomic E-state index is 11.7. The lowest BCUT2D eigenvalue weighted by molar-refractivity contribution is -0.689. The molecule has 0 saturated heterocycles. The molecule has 0 aliphatic rings. The minimum absolute atomic E-state index is 0. The van der Waals surface area contributed by atoms with Crippen LogP contribution in [0.5, 0.6) is 0 Å². The molecular formula is C26H46ClN3O2S3. The Morgan fingerprint density at radius 1 is 0.971 bits per heavy atom. The largest absolute Gasteiger partial charge is 1.00 e. The summed E-state index contributed by atoms with van der Waals surface area (Å²) in [6, 6.07) is 0. The third-order valence-electron chi connectivity index (χ3n) is 5.58. The number of aliphatic hydroxyl groups excluding tert-OH is 1. The maximum Gasteiger partial charge on any atom is 0.260 e. The van der Waals surface area contributed by atoms with Gasteiger partial charge in [-0.25, -0.2) is 4.98 Å². The zero-order valence-corrected chi connectivity index (χ0v) is 25.3. The van der Waals surface area contributed by atoms with Crippen molar-refractivity contribution >= 4 is 32.9 Å². The first kappa shape index (κ1) is 34.5. The third-order valence-corrected chi connectivity index (χ3v) is 9.30. The molecule has 0 atom stereocenters. The zero-order chi connectivity index (χ0) is 25.0. The summed E-state index contributed by atoms with van der Waals surface area (Å²) < 4.78 is 2.01. The molecule has 0 aromatic carbocycles. The summed E-state index contributed by atoms with van der Waals surface area (Å²) >= 11 is 1.60. The molecule has 0 fully saturated rings. The third kappa shape index (κ3) is 16.0. The van der Waals surface area contributed by atoms with Gasteiger partial charge < -0.3 is 22.5 Å². The van der Waals surface area contributed by atoms with E-state index in [-0.39, 0.29) is 24.6 Å². The monoisotopic (exact) mass is 563 g/mol. The second-order valence-corrected chi connectivity index (χ2v) is 12.3. The molecule has 0 unspecified atom stereocenters. The number of rotatable bonds is 17. The van der Waals surface area contributed by atoms with Crippen molar-refractivity contribution in [1.29, 1.82) is 0 Å². The fourth-order valence-corrected chi connectivity index (χ4v) is 6.68. The van der Waals surface area contributed by atoms with Crippen molar-refractivity contribution in [3.63, 3.8) is 0 Å². The van der Waals surface area contributed by atoms with E-state index >= 15 is 0 Å². The normalized spacial score (nSPS) is 10.5. The Morgan fingerprint density at radius 2 is 1.54 bits per heavy atom. The van der Waals surface area contributed by atoms with Crippen LogP contribution < -0.4 is 22.5 Å². The molecule has 0 aliphatic carbocycles. The van der Waals surface area contributed by atoms with E-state index in [1.165, 1.54) is 75.7 Å². The highest BCUT2D eigenvalue weighted by atomic mass is 35.5. The van der Waals surface area contributed by atoms with Crippen molar-refractivity contribution in [2.45, 2.75) is 105 Å². The van der Waals surface area contributed by atoms with Crippen LogP contribution in [0, 0.1) is 13.8 Å². The average molecular weight is 564 g/mol. The number of unbranched alkanes of at least 4 members (excludes halogenated alkanes) is 8. The number of aromatic nitrogens is 3. The van der Waals surface area contributed by atoms with Crippen LogP contribution in [-0.4, -0.2) is 33.2 Å². The molecule has 0 radical (unpaired) electrons. The van der Waals surface area contributed by atoms with Crippen LogP contribution >= 0.6 is 32.9 Å². The summed E-state index contributed by atoms with van der Waals surface area (Å²) in [5.74, 6) is 3.35. The minimum Gasteiger partial charge on any atom is -1.00 e. The molecule has 35 heavy (non-hydrogen) atoms. The molecule has 0 saturated carbocycles. The highest BCUT2D eigenvalue weighted by molar-refractivity contribution is 8.76. The van der Waals surface area contributed by atoms with Gasteiger partial charge in [-0.1, -0.05) is 98.1 Å². The molecule has 0 amide bonds. The number of hydrogen-bond acceptors (Lipinski definition) is 6. The Hall–Kier alpha value is -0.540. The smallest absolute Gasteiger partial charge is 0.260 e. The fraction of sp³-hybridized carbons (Fsp3) is 0.731. The summed E-state index contributed by atoms with van der Waals surface area (Å²) in [4.78, 5) is 19.7. The Balaban J connectivity index is 0.000000648. The van der Waals surface area contributed by atoms with Crippen LogP contribution in [-0.2, 0) is 13.0 Å². The summed E-state index contributed by atoms with van der Waals surface area (Å²) in [5.41, 5.74) is 3.61. The molecule has 0 spiro atoms. The summed E-state index contributed by atoms with van der Waals surface area (Å²) in [6.45, 7) is 8.97. The van der Waals surface area contributed by atoms with Gasteiger partial charge in [0.2, 0.25) is 5.51 Å². The van der Waals surface area contributed by atoms with Crippen LogP contribution in [0.2, 0.25) is 0 Å². The molecular weight excluding hydrogens is 518 g/mol. The Bertz CT molecular complexity index is 816. The number of hydrogen-bond donors (Lipinski definition) is 2. The van der Waals surface area contributed by atoms with Crippen LogP contribution in [0.4, 0.5) is 0 Å². The molecule has 2 N–H and O–H groups in total. The van der Waals surface area contributed by atoms with E-state index in [0.29, 0.717) is 24.4 Å². The zero-order valence-electron chi connectivity index (χ0n) is 22.1. The number of halogens is 1. The summed E-state index contributed by atoms with van der Waals surface area (Å²) in [5, 5.41) is 8.95. The van der Waals surface area contributed by atoms with Crippen LogP contribution in [0.15, 0.2) is 16.5 Å². The van der Waals surface area contributed by atoms with Gasteiger partial charge in [0, 0.05) is 37.7 Å². The second-order valence-electron chi connectivity index (χ2n) is 8.63. The van der Waals surface area contributed by atoms with E-state index in [0.717, 1.165) is 10.6 Å². The standard InChI is InChI=1S/C14H30S2.C12H15N3O2S.ClH/c1-3-5-7-9-11-13-15-16-14-12-10-8-6-4-2;1-8-11(3-4-16)18-7-15(8)6-10-5-13-9(2)14-12(10)17;/h3-14H2,1-2H3;5,7,16H,3-4,6H2,1-2H3;1H. The van der Waals surface area contributed by atoms with Crippen molar-refractivity contribution in [3.05, 3.63) is 44.0 Å².